The summed E-state index contributed by atoms with van der Waals surface area (Å²) in [6, 6.07) is 10.4. The molecule has 1 aromatic carbocycles. The minimum absolute atomic E-state index is 0.141. The number of furan rings is 1. The largest absolute Gasteiger partial charge is 0.494 e. The summed E-state index contributed by atoms with van der Waals surface area (Å²) < 4.78 is 10.4. The van der Waals surface area contributed by atoms with Gasteiger partial charge < -0.3 is 19.6 Å². The summed E-state index contributed by atoms with van der Waals surface area (Å²) in [5.74, 6) is 0.0412. The number of hydrogen-bond acceptors (Lipinski definition) is 5. The van der Waals surface area contributed by atoms with Crippen LogP contribution in [0.2, 0.25) is 0 Å². The van der Waals surface area contributed by atoms with Crippen molar-refractivity contribution in [3.05, 3.63) is 47.9 Å². The molecule has 6 nitrogen and oxygen atoms in total. The van der Waals surface area contributed by atoms with Crippen LogP contribution in [0.15, 0.2) is 45.7 Å². The molecule has 0 aliphatic heterocycles. The number of carboxylic acids is 1. The Hall–Kier alpha value is -2.41. The van der Waals surface area contributed by atoms with Gasteiger partial charge >= 0.3 is 5.97 Å². The number of carbonyl (C=O) groups excluding carboxylic acids is 1. The van der Waals surface area contributed by atoms with Gasteiger partial charge in [0.1, 0.15) is 11.5 Å². The van der Waals surface area contributed by atoms with Gasteiger partial charge in [-0.15, -0.1) is 11.8 Å². The van der Waals surface area contributed by atoms with Gasteiger partial charge in [-0.3, -0.25) is 4.79 Å². The molecular formula is C16H17NO5S. The van der Waals surface area contributed by atoms with E-state index in [9.17, 15) is 9.59 Å². The maximum absolute atomic E-state index is 11.8. The number of hydrogen-bond donors (Lipinski definition) is 2. The maximum Gasteiger partial charge on any atom is 0.371 e. The van der Waals surface area contributed by atoms with Gasteiger partial charge in [0.25, 0.3) is 0 Å². The molecule has 1 amide bonds. The average molecular weight is 335 g/mol. The number of aromatic carboxylic acids is 1. The van der Waals surface area contributed by atoms with E-state index in [1.54, 1.807) is 0 Å². The first-order valence-corrected chi connectivity index (χ1v) is 8.01. The van der Waals surface area contributed by atoms with E-state index in [1.165, 1.54) is 23.9 Å². The molecule has 0 fully saturated rings. The van der Waals surface area contributed by atoms with E-state index in [1.807, 2.05) is 31.2 Å². The second kappa shape index (κ2) is 8.28. The van der Waals surface area contributed by atoms with Crippen LogP contribution >= 0.6 is 11.8 Å². The molecular weight excluding hydrogens is 318 g/mol. The molecule has 2 aromatic rings. The molecule has 122 valence electrons. The number of carbonyl (C=O) groups is 2. The third-order valence-corrected chi connectivity index (χ3v) is 3.85. The number of thioether (sulfide) groups is 1. The molecule has 0 saturated carbocycles. The zero-order chi connectivity index (χ0) is 16.7. The summed E-state index contributed by atoms with van der Waals surface area (Å²) in [4.78, 5) is 23.4. The number of rotatable bonds is 8. The summed E-state index contributed by atoms with van der Waals surface area (Å²) in [5, 5.41) is 11.4. The third kappa shape index (κ3) is 5.37. The lowest BCUT2D eigenvalue weighted by molar-refractivity contribution is -0.118. The van der Waals surface area contributed by atoms with E-state index < -0.39 is 5.97 Å². The Morgan fingerprint density at radius 2 is 1.96 bits per heavy atom. The molecule has 0 atom stereocenters. The van der Waals surface area contributed by atoms with Crippen molar-refractivity contribution in [2.45, 2.75) is 18.4 Å². The van der Waals surface area contributed by atoms with Crippen LogP contribution in [0, 0.1) is 0 Å². The zero-order valence-corrected chi connectivity index (χ0v) is 13.4. The highest BCUT2D eigenvalue weighted by Crippen LogP contribution is 2.21. The molecule has 0 bridgehead atoms. The van der Waals surface area contributed by atoms with Crippen LogP contribution in [0.5, 0.6) is 5.75 Å². The van der Waals surface area contributed by atoms with Crippen molar-refractivity contribution in [2.24, 2.45) is 0 Å². The molecule has 0 aliphatic carbocycles. The van der Waals surface area contributed by atoms with Gasteiger partial charge in [-0.05, 0) is 43.3 Å². The SMILES string of the molecule is CCOc1ccc(SCC(=O)NCc2ccc(C(=O)O)o2)cc1. The maximum atomic E-state index is 11.8. The Morgan fingerprint density at radius 3 is 2.57 bits per heavy atom. The second-order valence-corrected chi connectivity index (χ2v) is 5.59. The topological polar surface area (TPSA) is 88.8 Å². The van der Waals surface area contributed by atoms with Crippen LogP contribution < -0.4 is 10.1 Å². The molecule has 1 heterocycles. The van der Waals surface area contributed by atoms with Gasteiger partial charge in [0.05, 0.1) is 18.9 Å². The van der Waals surface area contributed by atoms with Crippen molar-refractivity contribution < 1.29 is 23.8 Å². The first-order valence-electron chi connectivity index (χ1n) is 7.03. The van der Waals surface area contributed by atoms with Crippen LogP contribution in [-0.4, -0.2) is 29.3 Å². The van der Waals surface area contributed by atoms with Gasteiger partial charge in [-0.25, -0.2) is 4.79 Å². The highest BCUT2D eigenvalue weighted by atomic mass is 32.2. The number of amides is 1. The first kappa shape index (κ1) is 17.0. The van der Waals surface area contributed by atoms with Crippen molar-refractivity contribution in [3.63, 3.8) is 0 Å². The van der Waals surface area contributed by atoms with Crippen LogP contribution in [0.1, 0.15) is 23.2 Å². The minimum atomic E-state index is -1.13. The Morgan fingerprint density at radius 1 is 1.22 bits per heavy atom. The average Bonchev–Trinajstić information content (AvgIpc) is 3.02. The van der Waals surface area contributed by atoms with E-state index in [0.717, 1.165) is 10.6 Å². The van der Waals surface area contributed by atoms with Gasteiger partial charge in [0.2, 0.25) is 11.7 Å². The quantitative estimate of drug-likeness (QED) is 0.721. The van der Waals surface area contributed by atoms with Gasteiger partial charge in [-0.1, -0.05) is 0 Å². The molecule has 1 aromatic heterocycles. The van der Waals surface area contributed by atoms with Gasteiger partial charge in [0, 0.05) is 4.90 Å². The van der Waals surface area contributed by atoms with Crippen LogP contribution in [0.4, 0.5) is 0 Å². The number of ether oxygens (including phenoxy) is 1. The molecule has 7 heteroatoms. The van der Waals surface area contributed by atoms with E-state index in [-0.39, 0.29) is 24.0 Å². The Kier molecular flexibility index (Phi) is 6.10. The lowest BCUT2D eigenvalue weighted by atomic mass is 10.3. The Balaban J connectivity index is 1.75. The van der Waals surface area contributed by atoms with Gasteiger partial charge in [0.15, 0.2) is 0 Å². The lowest BCUT2D eigenvalue weighted by Crippen LogP contribution is -2.24. The second-order valence-electron chi connectivity index (χ2n) is 4.54. The first-order chi connectivity index (χ1) is 11.1. The fraction of sp³-hybridized carbons (Fsp3) is 0.250. The molecule has 0 aliphatic rings. The summed E-state index contributed by atoms with van der Waals surface area (Å²) in [6.45, 7) is 2.70. The van der Waals surface area contributed by atoms with Crippen molar-refractivity contribution >= 4 is 23.6 Å². The van der Waals surface area contributed by atoms with Crippen molar-refractivity contribution in [1.29, 1.82) is 0 Å². The van der Waals surface area contributed by atoms with Crippen molar-refractivity contribution in [3.8, 4) is 5.75 Å². The molecule has 0 unspecified atom stereocenters. The molecule has 0 spiro atoms. The molecule has 0 radical (unpaired) electrons. The predicted octanol–water partition coefficient (Wildman–Crippen LogP) is 2.79. The fourth-order valence-corrected chi connectivity index (χ4v) is 2.50. The number of carboxylic acid groups (broad SMARTS) is 1. The summed E-state index contributed by atoms with van der Waals surface area (Å²) in [7, 11) is 0. The van der Waals surface area contributed by atoms with Crippen LogP contribution in [0.3, 0.4) is 0 Å². The molecule has 2 N–H and O–H groups in total. The fourth-order valence-electron chi connectivity index (χ4n) is 1.77. The minimum Gasteiger partial charge on any atom is -0.494 e. The van der Waals surface area contributed by atoms with Crippen LogP contribution in [0.25, 0.3) is 0 Å². The lowest BCUT2D eigenvalue weighted by Gasteiger charge is -2.05. The standard InChI is InChI=1S/C16H17NO5S/c1-2-21-11-3-6-13(7-4-11)23-10-15(18)17-9-12-5-8-14(22-12)16(19)20/h3-8H,2,9-10H2,1H3,(H,17,18)(H,19,20). The molecule has 2 rings (SSSR count). The summed E-state index contributed by atoms with van der Waals surface area (Å²) in [5.41, 5.74) is 0. The summed E-state index contributed by atoms with van der Waals surface area (Å²) in [6.07, 6.45) is 0. The third-order valence-electron chi connectivity index (χ3n) is 2.84. The monoisotopic (exact) mass is 335 g/mol. The normalized spacial score (nSPS) is 10.3. The van der Waals surface area contributed by atoms with Crippen molar-refractivity contribution in [2.75, 3.05) is 12.4 Å². The van der Waals surface area contributed by atoms with Gasteiger partial charge in [-0.2, -0.15) is 0 Å². The van der Waals surface area contributed by atoms with E-state index >= 15 is 0 Å². The molecule has 23 heavy (non-hydrogen) atoms. The number of benzene rings is 1. The smallest absolute Gasteiger partial charge is 0.371 e. The van der Waals surface area contributed by atoms with E-state index in [4.69, 9.17) is 14.3 Å². The van der Waals surface area contributed by atoms with E-state index in [2.05, 4.69) is 5.32 Å². The highest BCUT2D eigenvalue weighted by molar-refractivity contribution is 8.00. The zero-order valence-electron chi connectivity index (χ0n) is 12.6. The van der Waals surface area contributed by atoms with Crippen molar-refractivity contribution in [1.82, 2.24) is 5.32 Å². The van der Waals surface area contributed by atoms with Crippen LogP contribution in [-0.2, 0) is 11.3 Å². The van der Waals surface area contributed by atoms with E-state index in [0.29, 0.717) is 12.4 Å². The Bertz CT molecular complexity index is 665. The predicted molar refractivity (Wildman–Crippen MR) is 85.8 cm³/mol. The Labute approximate surface area is 137 Å². The molecule has 0 saturated heterocycles. The summed E-state index contributed by atoms with van der Waals surface area (Å²) >= 11 is 1.41. The number of nitrogens with one attached hydrogen (secondary N) is 1. The highest BCUT2D eigenvalue weighted by Gasteiger charge is 2.10.